The molecule has 7 heteroatoms. The molecule has 1 N–H and O–H groups in total. The van der Waals surface area contributed by atoms with Crippen LogP contribution >= 0.6 is 0 Å². The summed E-state index contributed by atoms with van der Waals surface area (Å²) in [5, 5.41) is 2.79. The molecule has 1 saturated heterocycles. The standard InChI is InChI=1S/C14H19FN2O3S/c1-10(11-5-7-12(15)8-6-11)16-14(18)13-4-3-9-17(13)21(2,19)20/h5-8,10,13H,3-4,9H2,1-2H3,(H,16,18)/t10-,13-/m0/s1. The zero-order valence-corrected chi connectivity index (χ0v) is 12.9. The first-order chi connectivity index (χ1) is 9.79. The highest BCUT2D eigenvalue weighted by molar-refractivity contribution is 7.88. The van der Waals surface area contributed by atoms with E-state index in [1.165, 1.54) is 16.4 Å². The maximum Gasteiger partial charge on any atom is 0.238 e. The van der Waals surface area contributed by atoms with Gasteiger partial charge in [0.15, 0.2) is 0 Å². The lowest BCUT2D eigenvalue weighted by molar-refractivity contribution is -0.124. The van der Waals surface area contributed by atoms with Crippen molar-refractivity contribution in [3.8, 4) is 0 Å². The van der Waals surface area contributed by atoms with Crippen LogP contribution in [0.25, 0.3) is 0 Å². The number of rotatable bonds is 4. The van der Waals surface area contributed by atoms with E-state index in [1.54, 1.807) is 19.1 Å². The molecule has 0 spiro atoms. The maximum atomic E-state index is 12.9. The lowest BCUT2D eigenvalue weighted by Crippen LogP contribution is -2.46. The zero-order chi connectivity index (χ0) is 15.6. The topological polar surface area (TPSA) is 66.5 Å². The van der Waals surface area contributed by atoms with E-state index in [0.717, 1.165) is 11.8 Å². The molecule has 2 atom stereocenters. The Morgan fingerprint density at radius 2 is 2.00 bits per heavy atom. The van der Waals surface area contributed by atoms with Gasteiger partial charge in [-0.1, -0.05) is 12.1 Å². The van der Waals surface area contributed by atoms with Gasteiger partial charge in [-0.05, 0) is 37.5 Å². The third kappa shape index (κ3) is 3.79. The van der Waals surface area contributed by atoms with Crippen LogP contribution in [0.2, 0.25) is 0 Å². The summed E-state index contributed by atoms with van der Waals surface area (Å²) >= 11 is 0. The summed E-state index contributed by atoms with van der Waals surface area (Å²) in [6.07, 6.45) is 2.31. The summed E-state index contributed by atoms with van der Waals surface area (Å²) < 4.78 is 37.4. The maximum absolute atomic E-state index is 12.9. The molecule has 2 rings (SSSR count). The molecule has 0 aromatic heterocycles. The van der Waals surface area contributed by atoms with E-state index in [0.29, 0.717) is 19.4 Å². The zero-order valence-electron chi connectivity index (χ0n) is 12.0. The molecule has 1 amide bonds. The fourth-order valence-electron chi connectivity index (χ4n) is 2.54. The highest BCUT2D eigenvalue weighted by atomic mass is 32.2. The molecular weight excluding hydrogens is 295 g/mol. The SMILES string of the molecule is C[C@H](NC(=O)[C@@H]1CCCN1S(C)(=O)=O)c1ccc(F)cc1. The number of hydrogen-bond donors (Lipinski definition) is 1. The van der Waals surface area contributed by atoms with E-state index in [4.69, 9.17) is 0 Å². The molecule has 5 nitrogen and oxygen atoms in total. The normalized spacial score (nSPS) is 21.2. The fraction of sp³-hybridized carbons (Fsp3) is 0.500. The molecular formula is C14H19FN2O3S. The Morgan fingerprint density at radius 1 is 1.38 bits per heavy atom. The summed E-state index contributed by atoms with van der Waals surface area (Å²) in [6, 6.07) is 4.90. The molecule has 1 aliphatic heterocycles. The van der Waals surface area contributed by atoms with Gasteiger partial charge in [-0.3, -0.25) is 4.79 Å². The second-order valence-electron chi connectivity index (χ2n) is 5.31. The molecule has 0 aliphatic carbocycles. The quantitative estimate of drug-likeness (QED) is 0.914. The molecule has 1 heterocycles. The Morgan fingerprint density at radius 3 is 2.57 bits per heavy atom. The van der Waals surface area contributed by atoms with Crippen molar-refractivity contribution in [2.75, 3.05) is 12.8 Å². The third-order valence-corrected chi connectivity index (χ3v) is 4.95. The predicted molar refractivity (Wildman–Crippen MR) is 77.5 cm³/mol. The van der Waals surface area contributed by atoms with Gasteiger partial charge in [0.05, 0.1) is 12.3 Å². The second-order valence-corrected chi connectivity index (χ2v) is 7.25. The van der Waals surface area contributed by atoms with Crippen molar-refractivity contribution in [2.24, 2.45) is 0 Å². The van der Waals surface area contributed by atoms with Crippen LogP contribution in [-0.4, -0.2) is 37.5 Å². The molecule has 0 bridgehead atoms. The average molecular weight is 314 g/mol. The van der Waals surface area contributed by atoms with E-state index in [9.17, 15) is 17.6 Å². The number of hydrogen-bond acceptors (Lipinski definition) is 3. The Kier molecular flexibility index (Phi) is 4.63. The van der Waals surface area contributed by atoms with Gasteiger partial charge in [-0.15, -0.1) is 0 Å². The summed E-state index contributed by atoms with van der Waals surface area (Å²) in [5.74, 6) is -0.647. The summed E-state index contributed by atoms with van der Waals surface area (Å²) in [7, 11) is -3.38. The van der Waals surface area contributed by atoms with Crippen molar-refractivity contribution in [3.63, 3.8) is 0 Å². The molecule has 1 aromatic rings. The van der Waals surface area contributed by atoms with Crippen LogP contribution in [0, 0.1) is 5.82 Å². The Balaban J connectivity index is 2.05. The van der Waals surface area contributed by atoms with E-state index in [2.05, 4.69) is 5.32 Å². The molecule has 0 radical (unpaired) electrons. The van der Waals surface area contributed by atoms with Crippen LogP contribution < -0.4 is 5.32 Å². The van der Waals surface area contributed by atoms with Gasteiger partial charge >= 0.3 is 0 Å². The van der Waals surface area contributed by atoms with E-state index in [1.807, 2.05) is 0 Å². The van der Waals surface area contributed by atoms with Crippen LogP contribution in [0.3, 0.4) is 0 Å². The predicted octanol–water partition coefficient (Wildman–Crippen LogP) is 1.43. The van der Waals surface area contributed by atoms with E-state index in [-0.39, 0.29) is 17.8 Å². The van der Waals surface area contributed by atoms with Gasteiger partial charge in [-0.25, -0.2) is 12.8 Å². The van der Waals surface area contributed by atoms with Crippen molar-refractivity contribution in [1.29, 1.82) is 0 Å². The van der Waals surface area contributed by atoms with Crippen molar-refractivity contribution in [1.82, 2.24) is 9.62 Å². The van der Waals surface area contributed by atoms with Crippen molar-refractivity contribution in [2.45, 2.75) is 31.8 Å². The highest BCUT2D eigenvalue weighted by Crippen LogP contribution is 2.22. The smallest absolute Gasteiger partial charge is 0.238 e. The van der Waals surface area contributed by atoms with Crippen LogP contribution in [-0.2, 0) is 14.8 Å². The molecule has 0 unspecified atom stereocenters. The minimum Gasteiger partial charge on any atom is -0.348 e. The van der Waals surface area contributed by atoms with Gasteiger partial charge in [-0.2, -0.15) is 4.31 Å². The lowest BCUT2D eigenvalue weighted by atomic mass is 10.1. The largest absolute Gasteiger partial charge is 0.348 e. The highest BCUT2D eigenvalue weighted by Gasteiger charge is 2.36. The molecule has 0 saturated carbocycles. The van der Waals surface area contributed by atoms with Crippen LogP contribution in [0.5, 0.6) is 0 Å². The van der Waals surface area contributed by atoms with Crippen molar-refractivity contribution in [3.05, 3.63) is 35.6 Å². The summed E-state index contributed by atoms with van der Waals surface area (Å²) in [5.41, 5.74) is 0.772. The first-order valence-electron chi connectivity index (χ1n) is 6.81. The van der Waals surface area contributed by atoms with Crippen LogP contribution in [0.15, 0.2) is 24.3 Å². The summed E-state index contributed by atoms with van der Waals surface area (Å²) in [6.45, 7) is 2.16. The van der Waals surface area contributed by atoms with Gasteiger partial charge in [0.2, 0.25) is 15.9 Å². The van der Waals surface area contributed by atoms with Crippen LogP contribution in [0.1, 0.15) is 31.4 Å². The number of amides is 1. The Hall–Kier alpha value is -1.47. The fourth-order valence-corrected chi connectivity index (χ4v) is 3.67. The molecule has 1 aliphatic rings. The van der Waals surface area contributed by atoms with Gasteiger partial charge in [0, 0.05) is 6.54 Å². The third-order valence-electron chi connectivity index (χ3n) is 3.66. The number of carbonyl (C=O) groups excluding carboxylic acids is 1. The second kappa shape index (κ2) is 6.11. The minimum absolute atomic E-state index is 0.305. The van der Waals surface area contributed by atoms with Gasteiger partial charge in [0.1, 0.15) is 11.9 Å². The molecule has 21 heavy (non-hydrogen) atoms. The number of nitrogens with zero attached hydrogens (tertiary/aromatic N) is 1. The Labute approximate surface area is 124 Å². The number of benzene rings is 1. The molecule has 1 fully saturated rings. The van der Waals surface area contributed by atoms with Crippen molar-refractivity contribution >= 4 is 15.9 Å². The Bertz CT molecular complexity index is 616. The molecule has 1 aromatic carbocycles. The first-order valence-corrected chi connectivity index (χ1v) is 8.66. The number of nitrogens with one attached hydrogen (secondary N) is 1. The van der Waals surface area contributed by atoms with Crippen molar-refractivity contribution < 1.29 is 17.6 Å². The molecule has 116 valence electrons. The van der Waals surface area contributed by atoms with Crippen LogP contribution in [0.4, 0.5) is 4.39 Å². The van der Waals surface area contributed by atoms with Gasteiger partial charge < -0.3 is 5.32 Å². The van der Waals surface area contributed by atoms with E-state index < -0.39 is 16.1 Å². The number of carbonyl (C=O) groups is 1. The monoisotopic (exact) mass is 314 g/mol. The van der Waals surface area contributed by atoms with E-state index >= 15 is 0 Å². The number of sulfonamides is 1. The average Bonchev–Trinajstić information content (AvgIpc) is 2.88. The first kappa shape index (κ1) is 15.9. The summed E-state index contributed by atoms with van der Waals surface area (Å²) in [4.78, 5) is 12.3. The minimum atomic E-state index is -3.38. The lowest BCUT2D eigenvalue weighted by Gasteiger charge is -2.23. The van der Waals surface area contributed by atoms with Gasteiger partial charge in [0.25, 0.3) is 0 Å². The number of halogens is 1.